The highest BCUT2D eigenvalue weighted by Crippen LogP contribution is 2.47. The molecule has 1 aliphatic carbocycles. The molecule has 2 heterocycles. The van der Waals surface area contributed by atoms with E-state index in [1.165, 1.54) is 10.9 Å². The van der Waals surface area contributed by atoms with Gasteiger partial charge in [0.15, 0.2) is 5.69 Å². The highest BCUT2D eigenvalue weighted by molar-refractivity contribution is 6.04. The number of benzene rings is 1. The molecule has 2 atom stereocenters. The van der Waals surface area contributed by atoms with Crippen LogP contribution in [0.4, 0.5) is 0 Å². The third-order valence-electron chi connectivity index (χ3n) is 5.00. The second-order valence-corrected chi connectivity index (χ2v) is 7.18. The lowest BCUT2D eigenvalue weighted by Gasteiger charge is -2.09. The van der Waals surface area contributed by atoms with E-state index in [9.17, 15) is 9.59 Å². The second kappa shape index (κ2) is 7.42. The smallest absolute Gasteiger partial charge is 0.292 e. The topological polar surface area (TPSA) is 89.5 Å². The molecule has 1 aliphatic rings. The van der Waals surface area contributed by atoms with Crippen molar-refractivity contribution in [2.45, 2.75) is 39.2 Å². The lowest BCUT2D eigenvalue weighted by Crippen LogP contribution is -2.29. The molecular weight excluding hydrogens is 356 g/mol. The number of furan rings is 1. The van der Waals surface area contributed by atoms with Gasteiger partial charge in [0.05, 0.1) is 11.6 Å². The minimum absolute atomic E-state index is 0.174. The van der Waals surface area contributed by atoms with E-state index in [0.717, 1.165) is 18.6 Å². The van der Waals surface area contributed by atoms with E-state index in [2.05, 4.69) is 22.5 Å². The maximum absolute atomic E-state index is 12.6. The first-order chi connectivity index (χ1) is 13.6. The second-order valence-electron chi connectivity index (χ2n) is 7.18. The molecule has 0 spiro atoms. The molecule has 1 aromatic carbocycles. The number of hydrogen-bond acceptors (Lipinski definition) is 5. The fraction of sp³-hybridized carbons (Fsp3) is 0.333. The zero-order valence-electron chi connectivity index (χ0n) is 15.9. The first-order valence-corrected chi connectivity index (χ1v) is 9.51. The van der Waals surface area contributed by atoms with Gasteiger partial charge < -0.3 is 4.42 Å². The van der Waals surface area contributed by atoms with Crippen molar-refractivity contribution >= 4 is 22.9 Å². The first kappa shape index (κ1) is 18.2. The summed E-state index contributed by atoms with van der Waals surface area (Å²) >= 11 is 0. The van der Waals surface area contributed by atoms with Crippen LogP contribution < -0.4 is 11.0 Å². The Balaban J connectivity index is 1.56. The summed E-state index contributed by atoms with van der Waals surface area (Å²) in [6, 6.07) is 10.8. The lowest BCUT2D eigenvalue weighted by molar-refractivity contribution is 0.0949. The predicted molar refractivity (Wildman–Crippen MR) is 107 cm³/mol. The van der Waals surface area contributed by atoms with Gasteiger partial charge in [-0.15, -0.1) is 0 Å². The molecule has 7 nitrogen and oxygen atoms in total. The van der Waals surface area contributed by atoms with Crippen molar-refractivity contribution in [2.24, 2.45) is 11.0 Å². The molecule has 0 aliphatic heterocycles. The van der Waals surface area contributed by atoms with E-state index in [-0.39, 0.29) is 11.3 Å². The molecule has 0 unspecified atom stereocenters. The number of rotatable bonds is 6. The minimum Gasteiger partial charge on any atom is -0.460 e. The fourth-order valence-electron chi connectivity index (χ4n) is 3.33. The standard InChI is InChI=1S/C21H22N4O3/c1-3-10-25-21(27)16-7-5-4-6-15(16)19(24-25)20(26)23-22-12-14-8-9-18(28-14)17-11-13(17)2/h4-9,12-13,17H,3,10-11H2,1-2H3,(H,23,26)/b22-12-/t13-,17-/m1/s1. The minimum atomic E-state index is -0.472. The maximum Gasteiger partial charge on any atom is 0.292 e. The van der Waals surface area contributed by atoms with Crippen LogP contribution in [0.2, 0.25) is 0 Å². The summed E-state index contributed by atoms with van der Waals surface area (Å²) in [5.74, 6) is 2.23. The Morgan fingerprint density at radius 2 is 2.07 bits per heavy atom. The SMILES string of the molecule is CCCn1nc(C(=O)N/N=C\c2ccc([C@@H]3C[C@H]3C)o2)c2ccccc2c1=O. The van der Waals surface area contributed by atoms with Crippen molar-refractivity contribution in [3.8, 4) is 0 Å². The number of carbonyl (C=O) groups excluding carboxylic acids is 1. The Labute approximate surface area is 162 Å². The summed E-state index contributed by atoms with van der Waals surface area (Å²) in [6.45, 7) is 4.59. The third-order valence-corrected chi connectivity index (χ3v) is 5.00. The normalized spacial score (nSPS) is 18.6. The average Bonchev–Trinajstić information content (AvgIpc) is 3.24. The van der Waals surface area contributed by atoms with Crippen LogP contribution in [-0.4, -0.2) is 21.9 Å². The molecule has 28 heavy (non-hydrogen) atoms. The zero-order chi connectivity index (χ0) is 19.7. The van der Waals surface area contributed by atoms with Crippen molar-refractivity contribution in [3.63, 3.8) is 0 Å². The Bertz CT molecular complexity index is 1110. The van der Waals surface area contributed by atoms with Crippen LogP contribution in [0.15, 0.2) is 50.7 Å². The fourth-order valence-corrected chi connectivity index (χ4v) is 3.33. The summed E-state index contributed by atoms with van der Waals surface area (Å²) in [5, 5.41) is 9.22. The number of nitrogens with zero attached hydrogens (tertiary/aromatic N) is 3. The number of hydrazone groups is 1. The molecular formula is C21H22N4O3. The zero-order valence-corrected chi connectivity index (χ0v) is 15.9. The molecule has 0 saturated heterocycles. The maximum atomic E-state index is 12.6. The molecule has 4 rings (SSSR count). The van der Waals surface area contributed by atoms with E-state index >= 15 is 0 Å². The van der Waals surface area contributed by atoms with Gasteiger partial charge in [0.2, 0.25) is 0 Å². The number of amides is 1. The number of fused-ring (bicyclic) bond motifs is 1. The molecule has 2 aromatic heterocycles. The summed E-state index contributed by atoms with van der Waals surface area (Å²) in [5.41, 5.74) is 2.46. The molecule has 1 amide bonds. The Morgan fingerprint density at radius 3 is 2.79 bits per heavy atom. The highest BCUT2D eigenvalue weighted by Gasteiger charge is 2.36. The van der Waals surface area contributed by atoms with Gasteiger partial charge in [-0.1, -0.05) is 32.0 Å². The van der Waals surface area contributed by atoms with Crippen molar-refractivity contribution < 1.29 is 9.21 Å². The molecule has 1 fully saturated rings. The van der Waals surface area contributed by atoms with Gasteiger partial charge in [-0.3, -0.25) is 9.59 Å². The summed E-state index contributed by atoms with van der Waals surface area (Å²) in [6.07, 6.45) is 3.36. The van der Waals surface area contributed by atoms with Crippen LogP contribution in [0.5, 0.6) is 0 Å². The molecule has 3 aromatic rings. The van der Waals surface area contributed by atoms with Crippen LogP contribution in [0.3, 0.4) is 0 Å². The van der Waals surface area contributed by atoms with Gasteiger partial charge in [0, 0.05) is 17.8 Å². The summed E-state index contributed by atoms with van der Waals surface area (Å²) < 4.78 is 7.07. The van der Waals surface area contributed by atoms with Crippen LogP contribution >= 0.6 is 0 Å². The van der Waals surface area contributed by atoms with Crippen molar-refractivity contribution in [1.29, 1.82) is 0 Å². The van der Waals surface area contributed by atoms with E-state index in [1.54, 1.807) is 24.3 Å². The van der Waals surface area contributed by atoms with Crippen LogP contribution in [0.1, 0.15) is 54.6 Å². The van der Waals surface area contributed by atoms with Crippen LogP contribution in [0, 0.1) is 5.92 Å². The quantitative estimate of drug-likeness (QED) is 0.526. The Morgan fingerprint density at radius 1 is 1.32 bits per heavy atom. The number of hydrogen-bond donors (Lipinski definition) is 1. The van der Waals surface area contributed by atoms with Gasteiger partial charge in [-0.2, -0.15) is 10.2 Å². The lowest BCUT2D eigenvalue weighted by atomic mass is 10.1. The average molecular weight is 378 g/mol. The van der Waals surface area contributed by atoms with Crippen molar-refractivity contribution in [3.05, 3.63) is 64.0 Å². The molecule has 1 N–H and O–H groups in total. The Kier molecular flexibility index (Phi) is 4.81. The van der Waals surface area contributed by atoms with Gasteiger partial charge in [-0.25, -0.2) is 10.1 Å². The molecule has 0 bridgehead atoms. The van der Waals surface area contributed by atoms with Crippen molar-refractivity contribution in [2.75, 3.05) is 0 Å². The van der Waals surface area contributed by atoms with Gasteiger partial charge >= 0.3 is 0 Å². The van der Waals surface area contributed by atoms with Crippen LogP contribution in [-0.2, 0) is 6.54 Å². The monoisotopic (exact) mass is 378 g/mol. The number of aryl methyl sites for hydroxylation is 1. The van der Waals surface area contributed by atoms with Gasteiger partial charge in [0.25, 0.3) is 11.5 Å². The van der Waals surface area contributed by atoms with Gasteiger partial charge in [-0.05, 0) is 37.0 Å². The third kappa shape index (κ3) is 3.47. The number of nitrogens with one attached hydrogen (secondary N) is 1. The van der Waals surface area contributed by atoms with E-state index < -0.39 is 5.91 Å². The molecule has 144 valence electrons. The summed E-state index contributed by atoms with van der Waals surface area (Å²) in [7, 11) is 0. The van der Waals surface area contributed by atoms with E-state index in [1.807, 2.05) is 19.1 Å². The van der Waals surface area contributed by atoms with E-state index in [0.29, 0.717) is 34.9 Å². The van der Waals surface area contributed by atoms with Gasteiger partial charge in [0.1, 0.15) is 11.5 Å². The van der Waals surface area contributed by atoms with Crippen molar-refractivity contribution in [1.82, 2.24) is 15.2 Å². The first-order valence-electron chi connectivity index (χ1n) is 9.51. The molecule has 1 saturated carbocycles. The number of aromatic nitrogens is 2. The number of carbonyl (C=O) groups is 1. The van der Waals surface area contributed by atoms with Crippen LogP contribution in [0.25, 0.3) is 10.8 Å². The largest absolute Gasteiger partial charge is 0.460 e. The molecule has 7 heteroatoms. The Hall–Kier alpha value is -3.22. The summed E-state index contributed by atoms with van der Waals surface area (Å²) in [4.78, 5) is 25.2. The molecule has 0 radical (unpaired) electrons. The highest BCUT2D eigenvalue weighted by atomic mass is 16.3. The predicted octanol–water partition coefficient (Wildman–Crippen LogP) is 3.29. The van der Waals surface area contributed by atoms with E-state index in [4.69, 9.17) is 4.42 Å².